The van der Waals surface area contributed by atoms with E-state index in [1.807, 2.05) is 24.3 Å². The molecule has 1 aliphatic carbocycles. The summed E-state index contributed by atoms with van der Waals surface area (Å²) in [4.78, 5) is 2.92. The van der Waals surface area contributed by atoms with Crippen molar-refractivity contribution in [2.45, 2.75) is 88.4 Å². The van der Waals surface area contributed by atoms with Crippen LogP contribution in [0, 0.1) is 0 Å². The van der Waals surface area contributed by atoms with E-state index in [2.05, 4.69) is 15.5 Å². The largest absolute Gasteiger partial charge is 0.360 e. The molecule has 2 heterocycles. The lowest BCUT2D eigenvalue weighted by Crippen LogP contribution is -2.60. The highest BCUT2D eigenvalue weighted by atomic mass is 35.5. The van der Waals surface area contributed by atoms with Gasteiger partial charge in [-0.25, -0.2) is 0 Å². The summed E-state index contributed by atoms with van der Waals surface area (Å²) in [6, 6.07) is 10.6. The second-order valence-corrected chi connectivity index (χ2v) is 9.10. The van der Waals surface area contributed by atoms with Crippen molar-refractivity contribution in [2.24, 2.45) is 0 Å². The summed E-state index contributed by atoms with van der Waals surface area (Å²) in [6.45, 7) is 0. The molecule has 0 spiro atoms. The van der Waals surface area contributed by atoms with E-state index in [0.717, 1.165) is 33.9 Å². The van der Waals surface area contributed by atoms with Gasteiger partial charge in [0.05, 0.1) is 0 Å². The van der Waals surface area contributed by atoms with Crippen molar-refractivity contribution in [3.63, 3.8) is 0 Å². The molecule has 2 atom stereocenters. The average Bonchev–Trinajstić information content (AvgIpc) is 2.61. The Balaban J connectivity index is 1.35. The van der Waals surface area contributed by atoms with Gasteiger partial charge in [-0.3, -0.25) is 4.90 Å². The van der Waals surface area contributed by atoms with Crippen LogP contribution in [-0.2, 0) is 0 Å². The third kappa shape index (κ3) is 4.35. The Morgan fingerprint density at radius 2 is 1.65 bits per heavy atom. The third-order valence-electron chi connectivity index (χ3n) is 6.45. The molecule has 1 saturated carbocycles. The number of rotatable bonds is 3. The summed E-state index contributed by atoms with van der Waals surface area (Å²) in [6.07, 6.45) is 13.7. The molecular weight excluding hydrogens is 362 g/mol. The van der Waals surface area contributed by atoms with Gasteiger partial charge in [-0.05, 0) is 68.9 Å². The molecule has 0 amide bonds. The molecule has 3 fully saturated rings. The summed E-state index contributed by atoms with van der Waals surface area (Å²) in [5.41, 5.74) is 0.954. The van der Waals surface area contributed by atoms with Crippen molar-refractivity contribution in [2.75, 3.05) is 5.32 Å². The molecule has 3 nitrogen and oxygen atoms in total. The molecule has 0 unspecified atom stereocenters. The summed E-state index contributed by atoms with van der Waals surface area (Å²) in [5.74, 6) is 0. The third-order valence-corrected chi connectivity index (χ3v) is 6.90. The zero-order valence-corrected chi connectivity index (χ0v) is 17.0. The van der Waals surface area contributed by atoms with Gasteiger partial charge in [-0.15, -0.1) is 0 Å². The Bertz CT molecular complexity index is 617. The van der Waals surface area contributed by atoms with E-state index in [1.54, 1.807) is 0 Å². The van der Waals surface area contributed by atoms with Gasteiger partial charge in [-0.2, -0.15) is 0 Å². The molecule has 2 bridgehead atoms. The number of nitrogens with one attached hydrogen (secondary N) is 2. The number of piperidine rings is 2. The lowest BCUT2D eigenvalue weighted by Gasteiger charge is -2.53. The van der Waals surface area contributed by atoms with Crippen molar-refractivity contribution in [3.8, 4) is 0 Å². The molecular formula is C21H30ClN3S. The fraction of sp³-hybridized carbons (Fsp3) is 0.667. The lowest BCUT2D eigenvalue weighted by atomic mass is 9.78. The van der Waals surface area contributed by atoms with E-state index in [-0.39, 0.29) is 0 Å². The van der Waals surface area contributed by atoms with Crippen molar-refractivity contribution in [1.29, 1.82) is 0 Å². The van der Waals surface area contributed by atoms with Gasteiger partial charge in [0, 0.05) is 34.9 Å². The molecule has 3 aliphatic rings. The number of hydrogen-bond donors (Lipinski definition) is 2. The van der Waals surface area contributed by atoms with Crippen LogP contribution < -0.4 is 10.6 Å². The fourth-order valence-corrected chi connectivity index (χ4v) is 5.90. The Labute approximate surface area is 167 Å². The number of thiocarbonyl (C=S) groups is 1. The summed E-state index contributed by atoms with van der Waals surface area (Å²) < 4.78 is 0. The maximum atomic E-state index is 6.07. The molecule has 1 aromatic rings. The predicted molar refractivity (Wildman–Crippen MR) is 114 cm³/mol. The minimum Gasteiger partial charge on any atom is -0.360 e. The van der Waals surface area contributed by atoms with E-state index in [1.165, 1.54) is 64.2 Å². The number of halogens is 1. The quantitative estimate of drug-likeness (QED) is 0.679. The number of benzene rings is 1. The smallest absolute Gasteiger partial charge is 0.170 e. The van der Waals surface area contributed by atoms with Gasteiger partial charge in [0.15, 0.2) is 5.11 Å². The SMILES string of the molecule is S=C(Nc1cccc(Cl)c1)NC1C[C@H]2CCC[C@H](C1)N2C1CCCCC1. The molecule has 0 aromatic heterocycles. The monoisotopic (exact) mass is 391 g/mol. The van der Waals surface area contributed by atoms with Crippen LogP contribution in [0.15, 0.2) is 24.3 Å². The van der Waals surface area contributed by atoms with Crippen LogP contribution in [0.5, 0.6) is 0 Å². The van der Waals surface area contributed by atoms with Crippen LogP contribution >= 0.6 is 23.8 Å². The first kappa shape index (κ1) is 18.5. The predicted octanol–water partition coefficient (Wildman–Crippen LogP) is 5.34. The van der Waals surface area contributed by atoms with Crippen LogP contribution in [0.2, 0.25) is 5.02 Å². The van der Waals surface area contributed by atoms with E-state index in [0.29, 0.717) is 6.04 Å². The molecule has 142 valence electrons. The number of fused-ring (bicyclic) bond motifs is 2. The topological polar surface area (TPSA) is 27.3 Å². The van der Waals surface area contributed by atoms with Crippen LogP contribution in [0.4, 0.5) is 5.69 Å². The van der Waals surface area contributed by atoms with Crippen molar-refractivity contribution < 1.29 is 0 Å². The molecule has 0 radical (unpaired) electrons. The van der Waals surface area contributed by atoms with Crippen molar-refractivity contribution in [1.82, 2.24) is 10.2 Å². The molecule has 2 saturated heterocycles. The zero-order valence-electron chi connectivity index (χ0n) is 15.4. The van der Waals surface area contributed by atoms with Gasteiger partial charge >= 0.3 is 0 Å². The van der Waals surface area contributed by atoms with Crippen LogP contribution in [-0.4, -0.2) is 34.2 Å². The molecule has 2 N–H and O–H groups in total. The summed E-state index contributed by atoms with van der Waals surface area (Å²) >= 11 is 11.6. The first-order valence-corrected chi connectivity index (χ1v) is 11.1. The highest BCUT2D eigenvalue weighted by Gasteiger charge is 2.41. The van der Waals surface area contributed by atoms with Gasteiger partial charge in [0.2, 0.25) is 0 Å². The first-order valence-electron chi connectivity index (χ1n) is 10.3. The van der Waals surface area contributed by atoms with Gasteiger partial charge in [-0.1, -0.05) is 43.4 Å². The van der Waals surface area contributed by atoms with Crippen molar-refractivity contribution in [3.05, 3.63) is 29.3 Å². The maximum Gasteiger partial charge on any atom is 0.170 e. The second kappa shape index (κ2) is 8.45. The summed E-state index contributed by atoms with van der Waals surface area (Å²) in [7, 11) is 0. The second-order valence-electron chi connectivity index (χ2n) is 8.25. The first-order chi connectivity index (χ1) is 12.7. The molecule has 26 heavy (non-hydrogen) atoms. The molecule has 1 aromatic carbocycles. The van der Waals surface area contributed by atoms with Crippen molar-refractivity contribution >= 4 is 34.6 Å². The van der Waals surface area contributed by atoms with E-state index >= 15 is 0 Å². The van der Waals surface area contributed by atoms with E-state index < -0.39 is 0 Å². The van der Waals surface area contributed by atoms with E-state index in [9.17, 15) is 0 Å². The maximum absolute atomic E-state index is 6.07. The Kier molecular flexibility index (Phi) is 6.02. The zero-order chi connectivity index (χ0) is 17.9. The number of anilines is 1. The van der Waals surface area contributed by atoms with Gasteiger partial charge < -0.3 is 10.6 Å². The van der Waals surface area contributed by atoms with Crippen LogP contribution in [0.1, 0.15) is 64.2 Å². The normalized spacial score (nSPS) is 30.0. The van der Waals surface area contributed by atoms with Gasteiger partial charge in [0.25, 0.3) is 0 Å². The fourth-order valence-electron chi connectivity index (χ4n) is 5.43. The van der Waals surface area contributed by atoms with Crippen LogP contribution in [0.3, 0.4) is 0 Å². The Morgan fingerprint density at radius 3 is 2.35 bits per heavy atom. The van der Waals surface area contributed by atoms with Crippen LogP contribution in [0.25, 0.3) is 0 Å². The highest BCUT2D eigenvalue weighted by molar-refractivity contribution is 7.80. The Morgan fingerprint density at radius 1 is 0.962 bits per heavy atom. The lowest BCUT2D eigenvalue weighted by molar-refractivity contribution is -0.0195. The molecule has 5 heteroatoms. The molecule has 4 rings (SSSR count). The standard InChI is InChI=1S/C21H30ClN3S/c22-15-6-4-7-16(12-15)23-21(26)24-17-13-19-10-5-11-20(14-17)25(19)18-8-2-1-3-9-18/h4,6-7,12,17-20H,1-3,5,8-11,13-14H2,(H2,23,24,26)/t19-,20-/m1/s1. The minimum atomic E-state index is 0.490. The summed E-state index contributed by atoms with van der Waals surface area (Å²) in [5, 5.41) is 8.34. The number of nitrogens with zero attached hydrogens (tertiary/aromatic N) is 1. The van der Waals surface area contributed by atoms with E-state index in [4.69, 9.17) is 23.8 Å². The average molecular weight is 392 g/mol. The molecule has 2 aliphatic heterocycles. The highest BCUT2D eigenvalue weighted by Crippen LogP contribution is 2.39. The number of hydrogen-bond acceptors (Lipinski definition) is 2. The Hall–Kier alpha value is -0.840. The minimum absolute atomic E-state index is 0.490. The van der Waals surface area contributed by atoms with Gasteiger partial charge in [0.1, 0.15) is 0 Å².